The first-order valence-electron chi connectivity index (χ1n) is 8.76. The number of carbonyl (C=O) groups excluding carboxylic acids is 2. The number of aryl methyl sites for hydroxylation is 1. The highest BCUT2D eigenvalue weighted by Gasteiger charge is 2.39. The number of nitrogens with zero attached hydrogens (tertiary/aromatic N) is 1. The minimum atomic E-state index is -0.394. The van der Waals surface area contributed by atoms with Gasteiger partial charge in [-0.25, -0.2) is 0 Å². The van der Waals surface area contributed by atoms with Crippen molar-refractivity contribution in [2.45, 2.75) is 13.5 Å². The zero-order valence-corrected chi connectivity index (χ0v) is 15.9. The summed E-state index contributed by atoms with van der Waals surface area (Å²) in [7, 11) is 0. The fourth-order valence-corrected chi connectivity index (χ4v) is 3.25. The van der Waals surface area contributed by atoms with Crippen LogP contribution in [-0.4, -0.2) is 16.7 Å². The van der Waals surface area contributed by atoms with Crippen LogP contribution < -0.4 is 5.32 Å². The summed E-state index contributed by atoms with van der Waals surface area (Å²) in [5.74, 6) is -0.233. The normalized spacial score (nSPS) is 14.1. The number of halogens is 1. The van der Waals surface area contributed by atoms with E-state index in [1.807, 2.05) is 31.2 Å². The molecule has 0 bridgehead atoms. The average molecular weight is 393 g/mol. The number of para-hydroxylation sites is 1. The Morgan fingerprint density at radius 3 is 2.39 bits per heavy atom. The molecule has 0 saturated carbocycles. The Morgan fingerprint density at radius 2 is 1.71 bits per heavy atom. The molecule has 1 N–H and O–H groups in total. The van der Waals surface area contributed by atoms with Gasteiger partial charge in [0, 0.05) is 10.7 Å². The molecule has 1 aliphatic heterocycles. The van der Waals surface area contributed by atoms with E-state index in [-0.39, 0.29) is 18.1 Å². The topological polar surface area (TPSA) is 62.6 Å². The number of rotatable bonds is 5. The lowest BCUT2D eigenvalue weighted by Crippen LogP contribution is -2.31. The van der Waals surface area contributed by atoms with Gasteiger partial charge in [-0.3, -0.25) is 14.5 Å². The van der Waals surface area contributed by atoms with Crippen LogP contribution in [0.4, 0.5) is 5.69 Å². The summed E-state index contributed by atoms with van der Waals surface area (Å²) < 4.78 is 5.32. The second kappa shape index (κ2) is 7.37. The summed E-state index contributed by atoms with van der Waals surface area (Å²) in [6, 6.07) is 17.9. The van der Waals surface area contributed by atoms with E-state index < -0.39 is 5.91 Å². The van der Waals surface area contributed by atoms with Gasteiger partial charge in [0.25, 0.3) is 11.8 Å². The quantitative estimate of drug-likeness (QED) is 0.643. The van der Waals surface area contributed by atoms with E-state index in [1.54, 1.807) is 36.4 Å². The molecule has 1 aliphatic rings. The molecule has 0 saturated heterocycles. The van der Waals surface area contributed by atoms with Crippen LogP contribution in [0.3, 0.4) is 0 Å². The number of nitrogens with one attached hydrogen (secondary N) is 1. The first kappa shape index (κ1) is 18.1. The van der Waals surface area contributed by atoms with Crippen LogP contribution in [0, 0.1) is 6.92 Å². The van der Waals surface area contributed by atoms with Crippen molar-refractivity contribution in [2.75, 3.05) is 5.32 Å². The Balaban J connectivity index is 1.77. The molecule has 6 heteroatoms. The first-order valence-corrected chi connectivity index (χ1v) is 9.14. The molecule has 3 aromatic rings. The Hall–Kier alpha value is -3.31. The minimum Gasteiger partial charge on any atom is -0.467 e. The fraction of sp³-hybridized carbons (Fsp3) is 0.0909. The maximum absolute atomic E-state index is 13.1. The highest BCUT2D eigenvalue weighted by molar-refractivity contribution is 6.36. The molecule has 2 aromatic carbocycles. The third-order valence-corrected chi connectivity index (χ3v) is 4.85. The van der Waals surface area contributed by atoms with E-state index >= 15 is 0 Å². The molecule has 2 amide bonds. The standard InChI is InChI=1S/C22H17ClN2O3/c1-14-5-2-3-7-18(14)24-20-19(15-8-10-16(23)11-9-15)21(26)25(22(20)27)13-17-6-4-12-28-17/h2-12,24H,13H2,1H3. The third kappa shape index (κ3) is 3.32. The fourth-order valence-electron chi connectivity index (χ4n) is 3.13. The number of hydrogen-bond donors (Lipinski definition) is 1. The van der Waals surface area contributed by atoms with Crippen molar-refractivity contribution in [3.63, 3.8) is 0 Å². The molecule has 28 heavy (non-hydrogen) atoms. The number of benzene rings is 2. The second-order valence-corrected chi connectivity index (χ2v) is 6.91. The summed E-state index contributed by atoms with van der Waals surface area (Å²) >= 11 is 5.99. The predicted molar refractivity (Wildman–Crippen MR) is 107 cm³/mol. The molecule has 0 atom stereocenters. The van der Waals surface area contributed by atoms with Crippen LogP contribution >= 0.6 is 11.6 Å². The van der Waals surface area contributed by atoms with Crippen LogP contribution in [-0.2, 0) is 16.1 Å². The maximum Gasteiger partial charge on any atom is 0.278 e. The molecule has 0 radical (unpaired) electrons. The number of anilines is 1. The van der Waals surface area contributed by atoms with E-state index in [2.05, 4.69) is 5.32 Å². The number of amides is 2. The highest BCUT2D eigenvalue weighted by Crippen LogP contribution is 2.32. The van der Waals surface area contributed by atoms with Gasteiger partial charge in [0.05, 0.1) is 18.4 Å². The van der Waals surface area contributed by atoms with Crippen LogP contribution in [0.25, 0.3) is 5.57 Å². The van der Waals surface area contributed by atoms with Crippen molar-refractivity contribution in [3.8, 4) is 0 Å². The molecule has 0 unspecified atom stereocenters. The molecule has 0 spiro atoms. The van der Waals surface area contributed by atoms with E-state index in [4.69, 9.17) is 16.0 Å². The highest BCUT2D eigenvalue weighted by atomic mass is 35.5. The van der Waals surface area contributed by atoms with E-state index in [9.17, 15) is 9.59 Å². The van der Waals surface area contributed by atoms with Gasteiger partial charge in [-0.1, -0.05) is 41.9 Å². The van der Waals surface area contributed by atoms with Gasteiger partial charge in [-0.15, -0.1) is 0 Å². The van der Waals surface area contributed by atoms with Gasteiger partial charge in [-0.05, 0) is 48.4 Å². The number of furan rings is 1. The largest absolute Gasteiger partial charge is 0.467 e. The van der Waals surface area contributed by atoms with Crippen LogP contribution in [0.2, 0.25) is 5.02 Å². The molecule has 5 nitrogen and oxygen atoms in total. The molecule has 1 aromatic heterocycles. The lowest BCUT2D eigenvalue weighted by molar-refractivity contribution is -0.137. The molecule has 2 heterocycles. The zero-order valence-electron chi connectivity index (χ0n) is 15.1. The average Bonchev–Trinajstić information content (AvgIpc) is 3.28. The van der Waals surface area contributed by atoms with Crippen LogP contribution in [0.5, 0.6) is 0 Å². The Labute approximate surface area is 167 Å². The van der Waals surface area contributed by atoms with Crippen molar-refractivity contribution in [2.24, 2.45) is 0 Å². The molecule has 4 rings (SSSR count). The lowest BCUT2D eigenvalue weighted by Gasteiger charge is -2.14. The first-order chi connectivity index (χ1) is 13.5. The summed E-state index contributed by atoms with van der Waals surface area (Å²) in [5.41, 5.74) is 2.92. The summed E-state index contributed by atoms with van der Waals surface area (Å²) in [5, 5.41) is 3.72. The van der Waals surface area contributed by atoms with E-state index in [1.165, 1.54) is 11.2 Å². The van der Waals surface area contributed by atoms with Crippen LogP contribution in [0.15, 0.2) is 77.0 Å². The third-order valence-electron chi connectivity index (χ3n) is 4.60. The van der Waals surface area contributed by atoms with Crippen LogP contribution in [0.1, 0.15) is 16.9 Å². The Kier molecular flexibility index (Phi) is 4.75. The minimum absolute atomic E-state index is 0.0701. The predicted octanol–water partition coefficient (Wildman–Crippen LogP) is 4.63. The second-order valence-electron chi connectivity index (χ2n) is 6.47. The number of hydrogen-bond acceptors (Lipinski definition) is 4. The number of carbonyl (C=O) groups is 2. The van der Waals surface area contributed by atoms with Crippen molar-refractivity contribution >= 4 is 34.7 Å². The molecular weight excluding hydrogens is 376 g/mol. The van der Waals surface area contributed by atoms with E-state index in [0.717, 1.165) is 11.3 Å². The molecular formula is C22H17ClN2O3. The maximum atomic E-state index is 13.1. The van der Waals surface area contributed by atoms with Gasteiger partial charge >= 0.3 is 0 Å². The molecule has 140 valence electrons. The summed E-state index contributed by atoms with van der Waals surface area (Å²) in [6.07, 6.45) is 1.51. The van der Waals surface area contributed by atoms with Crippen molar-refractivity contribution in [1.82, 2.24) is 4.90 Å². The lowest BCUT2D eigenvalue weighted by atomic mass is 10.0. The zero-order chi connectivity index (χ0) is 19.7. The monoisotopic (exact) mass is 392 g/mol. The summed E-state index contributed by atoms with van der Waals surface area (Å²) in [6.45, 7) is 2.01. The molecule has 0 fully saturated rings. The van der Waals surface area contributed by atoms with Crippen molar-refractivity contribution in [3.05, 3.63) is 94.5 Å². The summed E-state index contributed by atoms with van der Waals surface area (Å²) in [4.78, 5) is 27.5. The van der Waals surface area contributed by atoms with E-state index in [0.29, 0.717) is 21.9 Å². The van der Waals surface area contributed by atoms with Gasteiger partial charge in [0.1, 0.15) is 11.5 Å². The SMILES string of the molecule is Cc1ccccc1NC1=C(c2ccc(Cl)cc2)C(=O)N(Cc2ccco2)C1=O. The van der Waals surface area contributed by atoms with Gasteiger partial charge in [0.15, 0.2) is 0 Å². The Bertz CT molecular complexity index is 1070. The smallest absolute Gasteiger partial charge is 0.278 e. The Morgan fingerprint density at radius 1 is 0.964 bits per heavy atom. The van der Waals surface area contributed by atoms with Gasteiger partial charge < -0.3 is 9.73 Å². The number of imide groups is 1. The van der Waals surface area contributed by atoms with Gasteiger partial charge in [-0.2, -0.15) is 0 Å². The molecule has 0 aliphatic carbocycles. The van der Waals surface area contributed by atoms with Crippen molar-refractivity contribution < 1.29 is 14.0 Å². The van der Waals surface area contributed by atoms with Gasteiger partial charge in [0.2, 0.25) is 0 Å². The van der Waals surface area contributed by atoms with Crippen molar-refractivity contribution in [1.29, 1.82) is 0 Å².